The Balaban J connectivity index is 2.18. The van der Waals surface area contributed by atoms with Crippen LogP contribution in [-0.2, 0) is 15.1 Å². The van der Waals surface area contributed by atoms with Gasteiger partial charge in [-0.2, -0.15) is 0 Å². The van der Waals surface area contributed by atoms with Gasteiger partial charge in [-0.1, -0.05) is 0 Å². The number of aromatic nitrogens is 1. The molecule has 2 heterocycles. The van der Waals surface area contributed by atoms with Crippen LogP contribution in [0.1, 0.15) is 26.5 Å². The molecule has 0 bridgehead atoms. The summed E-state index contributed by atoms with van der Waals surface area (Å²) in [4.78, 5) is 17.9. The van der Waals surface area contributed by atoms with E-state index in [1.807, 2.05) is 20.8 Å². The number of ether oxygens (including phenoxy) is 2. The number of nitrogens with zero attached hydrogens (tertiary/aromatic N) is 2. The largest absolute Gasteiger partial charge is 0.444 e. The molecule has 1 saturated heterocycles. The summed E-state index contributed by atoms with van der Waals surface area (Å²) in [5, 5.41) is 10.9. The molecule has 0 radical (unpaired) electrons. The van der Waals surface area contributed by atoms with Gasteiger partial charge in [-0.05, 0) is 48.8 Å². The topological polar surface area (TPSA) is 71.9 Å². The van der Waals surface area contributed by atoms with E-state index in [4.69, 9.17) is 9.47 Å². The minimum atomic E-state index is -1.35. The lowest BCUT2D eigenvalue weighted by atomic mass is 9.99. The van der Waals surface area contributed by atoms with Crippen molar-refractivity contribution >= 4 is 22.0 Å². The molecule has 1 N–H and O–H groups in total. The second kappa shape index (κ2) is 6.52. The zero-order valence-electron chi connectivity index (χ0n) is 13.0. The maximum Gasteiger partial charge on any atom is 0.410 e. The number of aliphatic hydroxyl groups is 1. The van der Waals surface area contributed by atoms with E-state index in [1.165, 1.54) is 4.90 Å². The van der Waals surface area contributed by atoms with E-state index >= 15 is 0 Å². The number of halogens is 1. The van der Waals surface area contributed by atoms with Gasteiger partial charge >= 0.3 is 6.09 Å². The molecule has 1 aromatic rings. The van der Waals surface area contributed by atoms with Crippen LogP contribution in [-0.4, -0.2) is 53.0 Å². The first-order valence-electron chi connectivity index (χ1n) is 7.10. The highest BCUT2D eigenvalue weighted by Gasteiger charge is 2.38. The summed E-state index contributed by atoms with van der Waals surface area (Å²) in [5.41, 5.74) is -1.47. The smallest absolute Gasteiger partial charge is 0.410 e. The SMILES string of the molecule is CC(C)(C)OC(=O)N1CCOCC(O)(c2ccc(Br)cn2)C1. The fraction of sp³-hybridized carbons (Fsp3) is 0.600. The fourth-order valence-corrected chi connectivity index (χ4v) is 2.38. The van der Waals surface area contributed by atoms with Crippen molar-refractivity contribution in [3.63, 3.8) is 0 Å². The second-order valence-corrected chi connectivity index (χ2v) is 7.26. The number of β-amino-alcohol motifs (C(OH)–C–C–N with tert-alkyl or cyclic N) is 1. The molecule has 0 aromatic carbocycles. The van der Waals surface area contributed by atoms with E-state index in [0.717, 1.165) is 4.47 Å². The Bertz CT molecular complexity index is 529. The van der Waals surface area contributed by atoms with Gasteiger partial charge in [0.25, 0.3) is 0 Å². The first-order valence-corrected chi connectivity index (χ1v) is 7.89. The minimum absolute atomic E-state index is 0.0799. The number of pyridine rings is 1. The number of carbonyl (C=O) groups excluding carboxylic acids is 1. The van der Waals surface area contributed by atoms with E-state index in [-0.39, 0.29) is 13.2 Å². The van der Waals surface area contributed by atoms with Crippen LogP contribution in [0.2, 0.25) is 0 Å². The van der Waals surface area contributed by atoms with Crippen LogP contribution in [0.5, 0.6) is 0 Å². The van der Waals surface area contributed by atoms with Crippen molar-refractivity contribution in [3.05, 3.63) is 28.5 Å². The zero-order valence-corrected chi connectivity index (χ0v) is 14.6. The molecule has 6 nitrogen and oxygen atoms in total. The quantitative estimate of drug-likeness (QED) is 0.818. The standard InChI is InChI=1S/C15H21BrN2O4/c1-14(2,3)22-13(19)18-6-7-21-10-15(20,9-18)12-5-4-11(16)8-17-12/h4-5,8,20H,6-7,9-10H2,1-3H3. The molecule has 1 unspecified atom stereocenters. The van der Waals surface area contributed by atoms with Crippen LogP contribution in [0.3, 0.4) is 0 Å². The minimum Gasteiger partial charge on any atom is -0.444 e. The maximum absolute atomic E-state index is 12.2. The number of hydrogen-bond acceptors (Lipinski definition) is 5. The van der Waals surface area contributed by atoms with Crippen molar-refractivity contribution < 1.29 is 19.4 Å². The summed E-state index contributed by atoms with van der Waals surface area (Å²) in [6, 6.07) is 3.51. The van der Waals surface area contributed by atoms with Crippen molar-refractivity contribution in [2.45, 2.75) is 32.0 Å². The monoisotopic (exact) mass is 372 g/mol. The summed E-state index contributed by atoms with van der Waals surface area (Å²) in [7, 11) is 0. The summed E-state index contributed by atoms with van der Waals surface area (Å²) < 4.78 is 11.6. The predicted molar refractivity (Wildman–Crippen MR) is 84.5 cm³/mol. The van der Waals surface area contributed by atoms with Gasteiger partial charge in [-0.3, -0.25) is 4.98 Å². The summed E-state index contributed by atoms with van der Waals surface area (Å²) in [5.74, 6) is 0. The van der Waals surface area contributed by atoms with Gasteiger partial charge in [-0.15, -0.1) is 0 Å². The lowest BCUT2D eigenvalue weighted by Crippen LogP contribution is -2.46. The van der Waals surface area contributed by atoms with E-state index < -0.39 is 17.3 Å². The lowest BCUT2D eigenvalue weighted by molar-refractivity contribution is -0.0472. The van der Waals surface area contributed by atoms with Crippen molar-refractivity contribution in [2.24, 2.45) is 0 Å². The van der Waals surface area contributed by atoms with Crippen LogP contribution < -0.4 is 0 Å². The van der Waals surface area contributed by atoms with Gasteiger partial charge in [0.1, 0.15) is 11.2 Å². The molecular formula is C15H21BrN2O4. The Morgan fingerprint density at radius 3 is 2.82 bits per heavy atom. The predicted octanol–water partition coefficient (Wildman–Crippen LogP) is 2.30. The molecule has 1 atom stereocenters. The average molecular weight is 373 g/mol. The summed E-state index contributed by atoms with van der Waals surface area (Å²) in [6.07, 6.45) is 1.14. The molecule has 1 aliphatic heterocycles. The molecule has 122 valence electrons. The highest BCUT2D eigenvalue weighted by Crippen LogP contribution is 2.25. The maximum atomic E-state index is 12.2. The van der Waals surface area contributed by atoms with Crippen LogP contribution in [0, 0.1) is 0 Å². The third-order valence-electron chi connectivity index (χ3n) is 3.15. The fourth-order valence-electron chi connectivity index (χ4n) is 2.14. The van der Waals surface area contributed by atoms with E-state index in [1.54, 1.807) is 18.3 Å². The Kier molecular flexibility index (Phi) is 5.09. The molecule has 0 saturated carbocycles. The van der Waals surface area contributed by atoms with E-state index in [2.05, 4.69) is 20.9 Å². The van der Waals surface area contributed by atoms with Crippen LogP contribution >= 0.6 is 15.9 Å². The lowest BCUT2D eigenvalue weighted by Gasteiger charge is -2.31. The Morgan fingerprint density at radius 2 is 2.23 bits per heavy atom. The van der Waals surface area contributed by atoms with Crippen LogP contribution in [0.15, 0.2) is 22.8 Å². The molecule has 0 aliphatic carbocycles. The van der Waals surface area contributed by atoms with Crippen LogP contribution in [0.4, 0.5) is 4.79 Å². The number of hydrogen-bond donors (Lipinski definition) is 1. The number of amides is 1. The second-order valence-electron chi connectivity index (χ2n) is 6.35. The zero-order chi connectivity index (χ0) is 16.4. The first-order chi connectivity index (χ1) is 10.2. The third kappa shape index (κ3) is 4.41. The first kappa shape index (κ1) is 17.2. The molecule has 1 amide bonds. The van der Waals surface area contributed by atoms with Gasteiger partial charge in [-0.25, -0.2) is 4.79 Å². The highest BCUT2D eigenvalue weighted by molar-refractivity contribution is 9.10. The number of carbonyl (C=O) groups is 1. The number of rotatable bonds is 1. The molecule has 22 heavy (non-hydrogen) atoms. The van der Waals surface area contributed by atoms with Crippen molar-refractivity contribution in [1.29, 1.82) is 0 Å². The molecule has 0 spiro atoms. The van der Waals surface area contributed by atoms with Gasteiger partial charge in [0.2, 0.25) is 0 Å². The normalized spacial score (nSPS) is 23.0. The van der Waals surface area contributed by atoms with Crippen molar-refractivity contribution in [2.75, 3.05) is 26.3 Å². The van der Waals surface area contributed by atoms with Crippen molar-refractivity contribution in [3.8, 4) is 0 Å². The Morgan fingerprint density at radius 1 is 1.50 bits per heavy atom. The van der Waals surface area contributed by atoms with E-state index in [9.17, 15) is 9.90 Å². The van der Waals surface area contributed by atoms with Gasteiger partial charge < -0.3 is 19.5 Å². The molecule has 1 aliphatic rings. The molecule has 7 heteroatoms. The molecule has 1 aromatic heterocycles. The Hall–Kier alpha value is -1.18. The summed E-state index contributed by atoms with van der Waals surface area (Å²) in [6.45, 7) is 6.30. The van der Waals surface area contributed by atoms with E-state index in [0.29, 0.717) is 18.8 Å². The van der Waals surface area contributed by atoms with Crippen molar-refractivity contribution in [1.82, 2.24) is 9.88 Å². The van der Waals surface area contributed by atoms with Gasteiger partial charge in [0.15, 0.2) is 0 Å². The molecule has 1 fully saturated rings. The molecule has 2 rings (SSSR count). The molecular weight excluding hydrogens is 352 g/mol. The Labute approximate surface area is 138 Å². The summed E-state index contributed by atoms with van der Waals surface area (Å²) >= 11 is 3.31. The van der Waals surface area contributed by atoms with Gasteiger partial charge in [0, 0.05) is 17.2 Å². The van der Waals surface area contributed by atoms with Crippen LogP contribution in [0.25, 0.3) is 0 Å². The highest BCUT2D eigenvalue weighted by atomic mass is 79.9. The third-order valence-corrected chi connectivity index (χ3v) is 3.62. The average Bonchev–Trinajstić information content (AvgIpc) is 2.60. The van der Waals surface area contributed by atoms with Gasteiger partial charge in [0.05, 0.1) is 25.5 Å².